The van der Waals surface area contributed by atoms with Gasteiger partial charge < -0.3 is 9.47 Å². The van der Waals surface area contributed by atoms with Crippen LogP contribution in [0.3, 0.4) is 0 Å². The second-order valence-electron chi connectivity index (χ2n) is 5.96. The molecular formula is C19H32O4. The molecule has 0 saturated heterocycles. The van der Waals surface area contributed by atoms with E-state index >= 15 is 0 Å². The first-order valence-electron chi connectivity index (χ1n) is 8.72. The smallest absolute Gasteiger partial charge is 0.331 e. The molecule has 4 nitrogen and oxygen atoms in total. The van der Waals surface area contributed by atoms with E-state index in [1.165, 1.54) is 19.3 Å². The molecule has 0 radical (unpaired) electrons. The Kier molecular flexibility index (Phi) is 14.3. The van der Waals surface area contributed by atoms with Crippen molar-refractivity contribution in [2.45, 2.75) is 65.7 Å². The summed E-state index contributed by atoms with van der Waals surface area (Å²) in [7, 11) is 0. The molecular weight excluding hydrogens is 292 g/mol. The van der Waals surface area contributed by atoms with Crippen LogP contribution in [0.2, 0.25) is 0 Å². The highest BCUT2D eigenvalue weighted by Crippen LogP contribution is 2.03. The first-order chi connectivity index (χ1) is 11.1. The molecule has 0 heterocycles. The quantitative estimate of drug-likeness (QED) is 0.215. The lowest BCUT2D eigenvalue weighted by atomic mass is 10.1. The third-order valence-corrected chi connectivity index (χ3v) is 3.20. The van der Waals surface area contributed by atoms with Gasteiger partial charge in [0.25, 0.3) is 0 Å². The summed E-state index contributed by atoms with van der Waals surface area (Å²) in [5.74, 6) is -0.412. The van der Waals surface area contributed by atoms with Gasteiger partial charge in [0.1, 0.15) is 0 Å². The predicted molar refractivity (Wildman–Crippen MR) is 93.0 cm³/mol. The lowest BCUT2D eigenvalue weighted by Gasteiger charge is -2.04. The molecule has 0 aliphatic rings. The van der Waals surface area contributed by atoms with Gasteiger partial charge in [-0.2, -0.15) is 0 Å². The van der Waals surface area contributed by atoms with Crippen molar-refractivity contribution in [2.24, 2.45) is 5.92 Å². The van der Waals surface area contributed by atoms with Crippen LogP contribution in [0.5, 0.6) is 0 Å². The first-order valence-corrected chi connectivity index (χ1v) is 8.72. The Morgan fingerprint density at radius 2 is 1.48 bits per heavy atom. The van der Waals surface area contributed by atoms with Crippen LogP contribution in [0.25, 0.3) is 0 Å². The molecule has 23 heavy (non-hydrogen) atoms. The fraction of sp³-hybridized carbons (Fsp3) is 0.684. The SMILES string of the molecule is CCCCC/C=C\CCOC(=O)/C=C/C(=O)OCCCC(C)C. The Morgan fingerprint density at radius 3 is 2.09 bits per heavy atom. The molecule has 0 bridgehead atoms. The number of carbonyl (C=O) groups is 2. The van der Waals surface area contributed by atoms with Gasteiger partial charge in [-0.1, -0.05) is 45.8 Å². The van der Waals surface area contributed by atoms with Gasteiger partial charge in [0, 0.05) is 12.2 Å². The number of allylic oxidation sites excluding steroid dienone is 1. The molecule has 0 aromatic rings. The summed E-state index contributed by atoms with van der Waals surface area (Å²) >= 11 is 0. The number of rotatable bonds is 13. The van der Waals surface area contributed by atoms with Crippen LogP contribution in [0.1, 0.15) is 65.7 Å². The number of ether oxygens (including phenoxy) is 2. The van der Waals surface area contributed by atoms with E-state index in [4.69, 9.17) is 9.47 Å². The number of unbranched alkanes of at least 4 members (excludes halogenated alkanes) is 3. The standard InChI is InChI=1S/C19H32O4/c1-4-5-6-7-8-9-10-15-22-18(20)13-14-19(21)23-16-11-12-17(2)3/h8-9,13-14,17H,4-7,10-12,15-16H2,1-3H3/b9-8-,14-13+. The summed E-state index contributed by atoms with van der Waals surface area (Å²) in [6, 6.07) is 0. The van der Waals surface area contributed by atoms with Crippen molar-refractivity contribution < 1.29 is 19.1 Å². The van der Waals surface area contributed by atoms with Crippen molar-refractivity contribution in [1.82, 2.24) is 0 Å². The maximum Gasteiger partial charge on any atom is 0.331 e. The summed E-state index contributed by atoms with van der Waals surface area (Å²) < 4.78 is 9.98. The van der Waals surface area contributed by atoms with Gasteiger partial charge in [-0.25, -0.2) is 9.59 Å². The minimum atomic E-state index is -0.511. The van der Waals surface area contributed by atoms with Crippen LogP contribution in [-0.4, -0.2) is 25.2 Å². The topological polar surface area (TPSA) is 52.6 Å². The zero-order chi connectivity index (χ0) is 17.3. The van der Waals surface area contributed by atoms with E-state index in [2.05, 4.69) is 26.8 Å². The van der Waals surface area contributed by atoms with E-state index in [0.29, 0.717) is 25.6 Å². The van der Waals surface area contributed by atoms with E-state index in [0.717, 1.165) is 31.4 Å². The number of hydrogen-bond acceptors (Lipinski definition) is 4. The van der Waals surface area contributed by atoms with Crippen LogP contribution >= 0.6 is 0 Å². The van der Waals surface area contributed by atoms with Crippen LogP contribution in [-0.2, 0) is 19.1 Å². The molecule has 0 rings (SSSR count). The number of esters is 2. The summed E-state index contributed by atoms with van der Waals surface area (Å²) in [5, 5.41) is 0. The molecule has 0 N–H and O–H groups in total. The lowest BCUT2D eigenvalue weighted by Crippen LogP contribution is -2.06. The molecule has 0 aliphatic heterocycles. The van der Waals surface area contributed by atoms with Gasteiger partial charge in [-0.05, 0) is 38.0 Å². The third kappa shape index (κ3) is 16.6. The van der Waals surface area contributed by atoms with E-state index in [-0.39, 0.29) is 0 Å². The molecule has 0 spiro atoms. The van der Waals surface area contributed by atoms with Gasteiger partial charge in [-0.3, -0.25) is 0 Å². The Hall–Kier alpha value is -1.58. The highest BCUT2D eigenvalue weighted by Gasteiger charge is 2.01. The van der Waals surface area contributed by atoms with Crippen LogP contribution in [0.4, 0.5) is 0 Å². The van der Waals surface area contributed by atoms with Crippen molar-refractivity contribution in [3.63, 3.8) is 0 Å². The van der Waals surface area contributed by atoms with E-state index in [1.807, 2.05) is 6.08 Å². The first kappa shape index (κ1) is 21.4. The van der Waals surface area contributed by atoms with Crippen molar-refractivity contribution in [3.05, 3.63) is 24.3 Å². The molecule has 0 fully saturated rings. The zero-order valence-corrected chi connectivity index (χ0v) is 14.9. The maximum absolute atomic E-state index is 11.4. The van der Waals surface area contributed by atoms with Gasteiger partial charge in [-0.15, -0.1) is 0 Å². The minimum Gasteiger partial charge on any atom is -0.463 e. The van der Waals surface area contributed by atoms with Gasteiger partial charge in [0.15, 0.2) is 0 Å². The molecule has 0 aromatic heterocycles. The van der Waals surface area contributed by atoms with Gasteiger partial charge in [0.2, 0.25) is 0 Å². The van der Waals surface area contributed by atoms with E-state index in [9.17, 15) is 9.59 Å². The number of hydrogen-bond donors (Lipinski definition) is 0. The fourth-order valence-corrected chi connectivity index (χ4v) is 1.87. The van der Waals surface area contributed by atoms with Crippen molar-refractivity contribution in [1.29, 1.82) is 0 Å². The van der Waals surface area contributed by atoms with Crippen molar-refractivity contribution >= 4 is 11.9 Å². The molecule has 4 heteroatoms. The second kappa shape index (κ2) is 15.3. The summed E-state index contributed by atoms with van der Waals surface area (Å²) in [5.41, 5.74) is 0. The molecule has 0 amide bonds. The Bertz CT molecular complexity index is 370. The molecule has 0 atom stereocenters. The molecule has 0 unspecified atom stereocenters. The maximum atomic E-state index is 11.4. The minimum absolute atomic E-state index is 0.330. The summed E-state index contributed by atoms with van der Waals surface area (Å²) in [6.07, 6.45) is 13.7. The largest absolute Gasteiger partial charge is 0.463 e. The van der Waals surface area contributed by atoms with Crippen molar-refractivity contribution in [3.8, 4) is 0 Å². The highest BCUT2D eigenvalue weighted by atomic mass is 16.5. The van der Waals surface area contributed by atoms with Crippen LogP contribution < -0.4 is 0 Å². The van der Waals surface area contributed by atoms with E-state index < -0.39 is 11.9 Å². The second-order valence-corrected chi connectivity index (χ2v) is 5.96. The molecule has 132 valence electrons. The molecule has 0 aliphatic carbocycles. The molecule has 0 aromatic carbocycles. The Labute approximate surface area is 140 Å². The zero-order valence-electron chi connectivity index (χ0n) is 14.9. The summed E-state index contributed by atoms with van der Waals surface area (Å²) in [4.78, 5) is 22.8. The third-order valence-electron chi connectivity index (χ3n) is 3.20. The number of carbonyl (C=O) groups excluding carboxylic acids is 2. The predicted octanol–water partition coefficient (Wildman–Crippen LogP) is 4.59. The van der Waals surface area contributed by atoms with Crippen LogP contribution in [0, 0.1) is 5.92 Å². The normalized spacial score (nSPS) is 11.5. The highest BCUT2D eigenvalue weighted by molar-refractivity contribution is 5.91. The fourth-order valence-electron chi connectivity index (χ4n) is 1.87. The molecule has 0 saturated carbocycles. The van der Waals surface area contributed by atoms with Gasteiger partial charge in [0.05, 0.1) is 13.2 Å². The van der Waals surface area contributed by atoms with Crippen LogP contribution in [0.15, 0.2) is 24.3 Å². The van der Waals surface area contributed by atoms with Crippen molar-refractivity contribution in [2.75, 3.05) is 13.2 Å². The Balaban J connectivity index is 3.62. The lowest BCUT2D eigenvalue weighted by molar-refractivity contribution is -0.140. The monoisotopic (exact) mass is 324 g/mol. The Morgan fingerprint density at radius 1 is 0.870 bits per heavy atom. The van der Waals surface area contributed by atoms with Gasteiger partial charge >= 0.3 is 11.9 Å². The summed E-state index contributed by atoms with van der Waals surface area (Å²) in [6.45, 7) is 7.14. The average Bonchev–Trinajstić information content (AvgIpc) is 2.52. The average molecular weight is 324 g/mol. The van der Waals surface area contributed by atoms with E-state index in [1.54, 1.807) is 0 Å².